The number of likely N-dealkylation sites (N-methyl/N-ethyl adjacent to an activating group) is 1. The predicted molar refractivity (Wildman–Crippen MR) is 117 cm³/mol. The number of nitrogens with zero attached hydrogens (tertiary/aromatic N) is 3. The van der Waals surface area contributed by atoms with E-state index in [0.717, 1.165) is 54.0 Å². The van der Waals surface area contributed by atoms with E-state index >= 15 is 0 Å². The van der Waals surface area contributed by atoms with Crippen LogP contribution in [0.4, 0.5) is 5.69 Å². The molecule has 0 radical (unpaired) electrons. The van der Waals surface area contributed by atoms with Gasteiger partial charge in [-0.1, -0.05) is 24.3 Å². The molecule has 0 saturated heterocycles. The number of hydrogen-bond acceptors (Lipinski definition) is 4. The first-order valence-electron chi connectivity index (χ1n) is 10.6. The monoisotopic (exact) mass is 404 g/mol. The van der Waals surface area contributed by atoms with Crippen LogP contribution >= 0.6 is 0 Å². The van der Waals surface area contributed by atoms with E-state index in [0.29, 0.717) is 12.1 Å². The van der Waals surface area contributed by atoms with Crippen LogP contribution in [0.15, 0.2) is 30.5 Å². The summed E-state index contributed by atoms with van der Waals surface area (Å²) in [7, 11) is 1.74. The second kappa shape index (κ2) is 6.84. The van der Waals surface area contributed by atoms with Crippen molar-refractivity contribution in [1.82, 2.24) is 14.3 Å². The Morgan fingerprint density at radius 1 is 1.27 bits per heavy atom. The third-order valence-electron chi connectivity index (χ3n) is 6.93. The van der Waals surface area contributed by atoms with Gasteiger partial charge in [0.1, 0.15) is 0 Å². The number of benzene rings is 1. The van der Waals surface area contributed by atoms with E-state index < -0.39 is 0 Å². The van der Waals surface area contributed by atoms with Crippen LogP contribution in [0.25, 0.3) is 5.65 Å². The van der Waals surface area contributed by atoms with Gasteiger partial charge in [0.05, 0.1) is 23.6 Å². The molecule has 1 aliphatic heterocycles. The number of amides is 1. The van der Waals surface area contributed by atoms with E-state index in [1.807, 2.05) is 24.4 Å². The van der Waals surface area contributed by atoms with E-state index in [2.05, 4.69) is 29.6 Å². The number of rotatable bonds is 3. The average Bonchev–Trinajstić information content (AvgIpc) is 3.24. The highest BCUT2D eigenvalue weighted by Crippen LogP contribution is 2.43. The van der Waals surface area contributed by atoms with Crippen molar-refractivity contribution in [2.24, 2.45) is 0 Å². The normalized spacial score (nSPS) is 16.4. The zero-order valence-corrected chi connectivity index (χ0v) is 17.8. The molecule has 1 spiro atoms. The maximum absolute atomic E-state index is 13.2. The van der Waals surface area contributed by atoms with Crippen molar-refractivity contribution in [2.75, 3.05) is 25.5 Å². The summed E-state index contributed by atoms with van der Waals surface area (Å²) >= 11 is 0. The minimum absolute atomic E-state index is 0.0242. The van der Waals surface area contributed by atoms with E-state index in [4.69, 9.17) is 4.98 Å². The number of aliphatic hydroxyl groups excluding tert-OH is 1. The fraction of sp³-hybridized carbons (Fsp3) is 0.417. The number of aliphatic hydroxyl groups is 1. The molecule has 3 heterocycles. The van der Waals surface area contributed by atoms with Crippen LogP contribution < -0.4 is 5.32 Å². The molecule has 1 amide bonds. The topological polar surface area (TPSA) is 69.9 Å². The van der Waals surface area contributed by atoms with E-state index in [-0.39, 0.29) is 18.1 Å². The standard InChI is InChI=1S/C24H28N4O2/c1-15-16(2)28-14-20(23(30)27(3)10-11-29)19-8-9-24(26-21(19)22(28)25-15)12-17-6-4-5-7-18(17)13-24/h4-7,14,26,29H,8-13H2,1-3H3. The largest absolute Gasteiger partial charge is 0.395 e. The Balaban J connectivity index is 1.64. The molecular weight excluding hydrogens is 376 g/mol. The van der Waals surface area contributed by atoms with Gasteiger partial charge in [0.2, 0.25) is 0 Å². The molecule has 2 N–H and O–H groups in total. The highest BCUT2D eigenvalue weighted by Gasteiger charge is 2.41. The van der Waals surface area contributed by atoms with Gasteiger partial charge >= 0.3 is 0 Å². The summed E-state index contributed by atoms with van der Waals surface area (Å²) in [5.74, 6) is -0.0552. The zero-order valence-electron chi connectivity index (χ0n) is 17.8. The van der Waals surface area contributed by atoms with E-state index in [1.165, 1.54) is 11.1 Å². The number of aromatic nitrogens is 2. The third kappa shape index (κ3) is 2.82. The lowest BCUT2D eigenvalue weighted by molar-refractivity contribution is 0.0765. The SMILES string of the molecule is Cc1nc2c3c(c(C(=O)N(C)CCO)cn2c1C)CCC1(Cc2ccccc2C1)N3. The summed E-state index contributed by atoms with van der Waals surface area (Å²) in [6.07, 6.45) is 5.74. The lowest BCUT2D eigenvalue weighted by atomic mass is 9.82. The first-order chi connectivity index (χ1) is 14.4. The van der Waals surface area contributed by atoms with Gasteiger partial charge in [-0.15, -0.1) is 0 Å². The fourth-order valence-corrected chi connectivity index (χ4v) is 5.12. The van der Waals surface area contributed by atoms with Gasteiger partial charge in [-0.3, -0.25) is 4.79 Å². The van der Waals surface area contributed by atoms with Crippen LogP contribution in [-0.2, 0) is 19.3 Å². The predicted octanol–water partition coefficient (Wildman–Crippen LogP) is 2.91. The van der Waals surface area contributed by atoms with Gasteiger partial charge in [0, 0.05) is 31.0 Å². The highest BCUT2D eigenvalue weighted by atomic mass is 16.3. The van der Waals surface area contributed by atoms with Crippen molar-refractivity contribution >= 4 is 17.2 Å². The van der Waals surface area contributed by atoms with Crippen LogP contribution in [0.1, 0.15) is 44.9 Å². The third-order valence-corrected chi connectivity index (χ3v) is 6.93. The number of hydrogen-bond donors (Lipinski definition) is 2. The van der Waals surface area contributed by atoms with Crippen LogP contribution in [0.5, 0.6) is 0 Å². The Morgan fingerprint density at radius 2 is 1.97 bits per heavy atom. The smallest absolute Gasteiger partial charge is 0.255 e. The number of fused-ring (bicyclic) bond motifs is 4. The molecule has 6 heteroatoms. The molecule has 0 saturated carbocycles. The second-order valence-corrected chi connectivity index (χ2v) is 8.85. The molecule has 0 bridgehead atoms. The summed E-state index contributed by atoms with van der Waals surface area (Å²) in [6.45, 7) is 4.32. The number of carbonyl (C=O) groups is 1. The van der Waals surface area contributed by atoms with Gasteiger partial charge < -0.3 is 19.7 Å². The van der Waals surface area contributed by atoms with E-state index in [1.54, 1.807) is 11.9 Å². The maximum Gasteiger partial charge on any atom is 0.255 e. The van der Waals surface area contributed by atoms with Gasteiger partial charge in [-0.05, 0) is 56.2 Å². The molecule has 5 rings (SSSR count). The van der Waals surface area contributed by atoms with Crippen molar-refractivity contribution in [3.8, 4) is 0 Å². The second-order valence-electron chi connectivity index (χ2n) is 8.85. The van der Waals surface area contributed by atoms with Crippen molar-refractivity contribution in [1.29, 1.82) is 0 Å². The summed E-state index contributed by atoms with van der Waals surface area (Å²) in [5.41, 5.74) is 8.46. The average molecular weight is 405 g/mol. The molecule has 1 aliphatic carbocycles. The molecule has 1 aromatic carbocycles. The number of aryl methyl sites for hydroxylation is 2. The van der Waals surface area contributed by atoms with Gasteiger partial charge in [0.15, 0.2) is 5.65 Å². The van der Waals surface area contributed by atoms with Crippen LogP contribution in [0.3, 0.4) is 0 Å². The summed E-state index contributed by atoms with van der Waals surface area (Å²) in [5, 5.41) is 13.2. The van der Waals surface area contributed by atoms with Crippen LogP contribution in [0, 0.1) is 13.8 Å². The molecule has 2 aromatic heterocycles. The molecular formula is C24H28N4O2. The molecule has 2 aliphatic rings. The Bertz CT molecular complexity index is 1140. The summed E-state index contributed by atoms with van der Waals surface area (Å²) in [6, 6.07) is 8.68. The molecule has 30 heavy (non-hydrogen) atoms. The summed E-state index contributed by atoms with van der Waals surface area (Å²) < 4.78 is 2.04. The number of nitrogens with one attached hydrogen (secondary N) is 1. The van der Waals surface area contributed by atoms with Crippen LogP contribution in [-0.4, -0.2) is 51.0 Å². The Labute approximate surface area is 176 Å². The Hall–Kier alpha value is -2.86. The van der Waals surface area contributed by atoms with Crippen LogP contribution in [0.2, 0.25) is 0 Å². The molecule has 0 atom stereocenters. The molecule has 0 unspecified atom stereocenters. The Morgan fingerprint density at radius 3 is 2.63 bits per heavy atom. The number of imidazole rings is 1. The highest BCUT2D eigenvalue weighted by molar-refractivity contribution is 5.98. The first-order valence-corrected chi connectivity index (χ1v) is 10.6. The molecule has 0 fully saturated rings. The lowest BCUT2D eigenvalue weighted by Crippen LogP contribution is -2.43. The van der Waals surface area contributed by atoms with Gasteiger partial charge in [-0.25, -0.2) is 4.98 Å². The number of carbonyl (C=O) groups excluding carboxylic acids is 1. The minimum Gasteiger partial charge on any atom is -0.395 e. The van der Waals surface area contributed by atoms with Crippen molar-refractivity contribution in [3.63, 3.8) is 0 Å². The Kier molecular flexibility index (Phi) is 4.36. The molecule has 6 nitrogen and oxygen atoms in total. The van der Waals surface area contributed by atoms with Gasteiger partial charge in [-0.2, -0.15) is 0 Å². The van der Waals surface area contributed by atoms with E-state index in [9.17, 15) is 9.90 Å². The summed E-state index contributed by atoms with van der Waals surface area (Å²) in [4.78, 5) is 19.7. The fourth-order valence-electron chi connectivity index (χ4n) is 5.12. The quantitative estimate of drug-likeness (QED) is 0.704. The maximum atomic E-state index is 13.2. The van der Waals surface area contributed by atoms with Gasteiger partial charge in [0.25, 0.3) is 5.91 Å². The lowest BCUT2D eigenvalue weighted by Gasteiger charge is -2.38. The first kappa shape index (κ1) is 19.1. The number of anilines is 1. The zero-order chi connectivity index (χ0) is 21.0. The minimum atomic E-state index is -0.0552. The number of pyridine rings is 1. The molecule has 156 valence electrons. The van der Waals surface area contributed by atoms with Crippen molar-refractivity contribution in [3.05, 3.63) is 64.1 Å². The van der Waals surface area contributed by atoms with Crippen molar-refractivity contribution in [2.45, 2.75) is 45.1 Å². The molecule has 3 aromatic rings. The van der Waals surface area contributed by atoms with Crippen molar-refractivity contribution < 1.29 is 9.90 Å².